The first-order valence-electron chi connectivity index (χ1n) is 8.53. The van der Waals surface area contributed by atoms with Crippen LogP contribution in [0.2, 0.25) is 0 Å². The average molecular weight is 391 g/mol. The lowest BCUT2D eigenvalue weighted by Gasteiger charge is -1.99. The number of aryl methyl sites for hydroxylation is 1. The van der Waals surface area contributed by atoms with Gasteiger partial charge in [0.1, 0.15) is 5.01 Å². The number of nitrogens with one attached hydrogen (secondary N) is 1. The molecule has 0 saturated heterocycles. The molecule has 0 unspecified atom stereocenters. The number of benzene rings is 2. The van der Waals surface area contributed by atoms with E-state index in [0.717, 1.165) is 38.4 Å². The van der Waals surface area contributed by atoms with Crippen molar-refractivity contribution in [3.8, 4) is 21.8 Å². The average Bonchev–Trinajstić information content (AvgIpc) is 3.37. The molecule has 1 N–H and O–H groups in total. The molecule has 0 aliphatic carbocycles. The summed E-state index contributed by atoms with van der Waals surface area (Å²) in [5, 5.41) is 10.3. The van der Waals surface area contributed by atoms with Gasteiger partial charge < -0.3 is 0 Å². The molecule has 4 rings (SSSR count). The summed E-state index contributed by atoms with van der Waals surface area (Å²) in [4.78, 5) is 9.30. The molecule has 0 spiro atoms. The van der Waals surface area contributed by atoms with Crippen LogP contribution in [0.25, 0.3) is 21.8 Å². The summed E-state index contributed by atoms with van der Waals surface area (Å²) in [6.45, 7) is 4.03. The van der Waals surface area contributed by atoms with E-state index >= 15 is 0 Å². The highest BCUT2D eigenvalue weighted by molar-refractivity contribution is 7.14. The summed E-state index contributed by atoms with van der Waals surface area (Å²) >= 11 is 3.16. The van der Waals surface area contributed by atoms with Gasteiger partial charge in [0, 0.05) is 21.9 Å². The molecular formula is C21H18N4S2. The van der Waals surface area contributed by atoms with Crippen LogP contribution in [0, 0.1) is 6.92 Å². The Hall–Kier alpha value is -2.83. The van der Waals surface area contributed by atoms with Crippen LogP contribution in [0.15, 0.2) is 70.5 Å². The molecule has 0 aliphatic rings. The maximum atomic E-state index is 4.68. The van der Waals surface area contributed by atoms with E-state index in [9.17, 15) is 0 Å². The van der Waals surface area contributed by atoms with E-state index in [2.05, 4.69) is 63.8 Å². The lowest BCUT2D eigenvalue weighted by atomic mass is 10.1. The third-order valence-electron chi connectivity index (χ3n) is 4.07. The maximum absolute atomic E-state index is 4.68. The van der Waals surface area contributed by atoms with Crippen molar-refractivity contribution in [2.75, 3.05) is 5.43 Å². The van der Waals surface area contributed by atoms with E-state index in [-0.39, 0.29) is 0 Å². The Labute approximate surface area is 166 Å². The number of hydrogen-bond acceptors (Lipinski definition) is 6. The van der Waals surface area contributed by atoms with Gasteiger partial charge in [-0.2, -0.15) is 5.10 Å². The van der Waals surface area contributed by atoms with Crippen molar-refractivity contribution in [2.45, 2.75) is 13.8 Å². The highest BCUT2D eigenvalue weighted by Gasteiger charge is 2.08. The molecular weight excluding hydrogens is 372 g/mol. The Morgan fingerprint density at radius 3 is 2.44 bits per heavy atom. The van der Waals surface area contributed by atoms with Crippen LogP contribution in [0.4, 0.5) is 5.13 Å². The Morgan fingerprint density at radius 1 is 0.889 bits per heavy atom. The maximum Gasteiger partial charge on any atom is 0.203 e. The quantitative estimate of drug-likeness (QED) is 0.332. The minimum absolute atomic E-state index is 0.767. The standard InChI is InChI=1S/C21H18N4S2/c1-14-8-10-16(11-9-14)19-13-27-21(23-19)25-24-15(2)18-12-26-20(22-18)17-6-4-3-5-7-17/h3-13H,1-2H3,(H,23,25)/b24-15-. The first-order valence-corrected chi connectivity index (χ1v) is 10.3. The zero-order valence-corrected chi connectivity index (χ0v) is 16.6. The zero-order valence-electron chi connectivity index (χ0n) is 15.0. The smallest absolute Gasteiger partial charge is 0.203 e. The predicted molar refractivity (Wildman–Crippen MR) is 116 cm³/mol. The van der Waals surface area contributed by atoms with E-state index < -0.39 is 0 Å². The van der Waals surface area contributed by atoms with Crippen LogP contribution in [0.3, 0.4) is 0 Å². The molecule has 4 nitrogen and oxygen atoms in total. The molecule has 0 amide bonds. The van der Waals surface area contributed by atoms with E-state index in [1.165, 1.54) is 5.56 Å². The van der Waals surface area contributed by atoms with Crippen molar-refractivity contribution in [3.05, 3.63) is 76.6 Å². The van der Waals surface area contributed by atoms with Gasteiger partial charge in [-0.15, -0.1) is 22.7 Å². The van der Waals surface area contributed by atoms with E-state index in [1.54, 1.807) is 22.7 Å². The third kappa shape index (κ3) is 4.13. The minimum Gasteiger partial charge on any atom is -0.252 e. The second kappa shape index (κ2) is 7.82. The zero-order chi connectivity index (χ0) is 18.6. The van der Waals surface area contributed by atoms with Crippen LogP contribution in [-0.2, 0) is 0 Å². The van der Waals surface area contributed by atoms with E-state index in [0.29, 0.717) is 0 Å². The number of thiazole rings is 2. The van der Waals surface area contributed by atoms with Gasteiger partial charge in [0.25, 0.3) is 0 Å². The lowest BCUT2D eigenvalue weighted by molar-refractivity contribution is 1.25. The summed E-state index contributed by atoms with van der Waals surface area (Å²) in [6.07, 6.45) is 0. The number of rotatable bonds is 5. The van der Waals surface area contributed by atoms with Gasteiger partial charge in [0.05, 0.1) is 17.1 Å². The second-order valence-electron chi connectivity index (χ2n) is 6.12. The first-order chi connectivity index (χ1) is 13.2. The molecule has 27 heavy (non-hydrogen) atoms. The van der Waals surface area contributed by atoms with Crippen molar-refractivity contribution >= 4 is 33.5 Å². The molecule has 0 fully saturated rings. The van der Waals surface area contributed by atoms with Crippen LogP contribution in [0.5, 0.6) is 0 Å². The van der Waals surface area contributed by atoms with Gasteiger partial charge in [-0.3, -0.25) is 5.43 Å². The molecule has 0 radical (unpaired) electrons. The molecule has 2 heterocycles. The largest absolute Gasteiger partial charge is 0.252 e. The minimum atomic E-state index is 0.767. The van der Waals surface area contributed by atoms with E-state index in [4.69, 9.17) is 0 Å². The van der Waals surface area contributed by atoms with Gasteiger partial charge in [-0.25, -0.2) is 9.97 Å². The summed E-state index contributed by atoms with van der Waals surface area (Å²) in [7, 11) is 0. The number of nitrogens with zero attached hydrogens (tertiary/aromatic N) is 3. The Morgan fingerprint density at radius 2 is 1.67 bits per heavy atom. The van der Waals surface area contributed by atoms with Gasteiger partial charge >= 0.3 is 0 Å². The summed E-state index contributed by atoms with van der Waals surface area (Å²) in [6, 6.07) is 18.5. The van der Waals surface area contributed by atoms with Crippen LogP contribution >= 0.6 is 22.7 Å². The van der Waals surface area contributed by atoms with Crippen molar-refractivity contribution in [3.63, 3.8) is 0 Å². The fourth-order valence-electron chi connectivity index (χ4n) is 2.52. The molecule has 134 valence electrons. The molecule has 6 heteroatoms. The molecule has 2 aromatic carbocycles. The lowest BCUT2D eigenvalue weighted by Crippen LogP contribution is -2.00. The molecule has 2 aromatic heterocycles. The highest BCUT2D eigenvalue weighted by atomic mass is 32.1. The van der Waals surface area contributed by atoms with Gasteiger partial charge in [0.15, 0.2) is 0 Å². The van der Waals surface area contributed by atoms with Crippen molar-refractivity contribution < 1.29 is 0 Å². The third-order valence-corrected chi connectivity index (χ3v) is 5.70. The Kier molecular flexibility index (Phi) is 5.09. The normalized spacial score (nSPS) is 11.6. The van der Waals surface area contributed by atoms with Crippen molar-refractivity contribution in [1.29, 1.82) is 0 Å². The SMILES string of the molecule is C/C(=N/Nc1nc(-c2ccc(C)cc2)cs1)c1csc(-c2ccccc2)n1. The Balaban J connectivity index is 1.47. The highest BCUT2D eigenvalue weighted by Crippen LogP contribution is 2.26. The molecule has 0 bridgehead atoms. The van der Waals surface area contributed by atoms with Crippen LogP contribution in [0.1, 0.15) is 18.2 Å². The summed E-state index contributed by atoms with van der Waals surface area (Å²) in [5.41, 5.74) is 9.19. The molecule has 4 aromatic rings. The number of anilines is 1. The van der Waals surface area contributed by atoms with Crippen molar-refractivity contribution in [2.24, 2.45) is 5.10 Å². The van der Waals surface area contributed by atoms with Crippen LogP contribution < -0.4 is 5.43 Å². The van der Waals surface area contributed by atoms with Gasteiger partial charge in [-0.05, 0) is 13.8 Å². The fourth-order valence-corrected chi connectivity index (χ4v) is 4.06. The van der Waals surface area contributed by atoms with Crippen LogP contribution in [-0.4, -0.2) is 15.7 Å². The van der Waals surface area contributed by atoms with Gasteiger partial charge in [-0.1, -0.05) is 60.2 Å². The topological polar surface area (TPSA) is 50.2 Å². The molecule has 0 atom stereocenters. The number of hydrazone groups is 1. The Bertz CT molecular complexity index is 1060. The fraction of sp³-hybridized carbons (Fsp3) is 0.0952. The predicted octanol–water partition coefficient (Wildman–Crippen LogP) is 6.08. The first kappa shape index (κ1) is 17.6. The second-order valence-corrected chi connectivity index (χ2v) is 7.83. The number of hydrogen-bond donors (Lipinski definition) is 1. The monoisotopic (exact) mass is 390 g/mol. The number of aromatic nitrogens is 2. The van der Waals surface area contributed by atoms with Crippen molar-refractivity contribution in [1.82, 2.24) is 9.97 Å². The van der Waals surface area contributed by atoms with E-state index in [1.807, 2.05) is 35.9 Å². The van der Waals surface area contributed by atoms with Gasteiger partial charge in [0.2, 0.25) is 5.13 Å². The summed E-state index contributed by atoms with van der Waals surface area (Å²) in [5.74, 6) is 0. The molecule has 0 aliphatic heterocycles. The summed E-state index contributed by atoms with van der Waals surface area (Å²) < 4.78 is 0. The molecule has 0 saturated carbocycles.